The van der Waals surface area contributed by atoms with Gasteiger partial charge in [-0.15, -0.1) is 0 Å². The lowest BCUT2D eigenvalue weighted by molar-refractivity contribution is -0.127. The van der Waals surface area contributed by atoms with Gasteiger partial charge in [0, 0.05) is 17.3 Å². The highest BCUT2D eigenvalue weighted by atomic mass is 35.5. The highest BCUT2D eigenvalue weighted by Crippen LogP contribution is 2.18. The Morgan fingerprint density at radius 1 is 1.41 bits per heavy atom. The maximum absolute atomic E-state index is 11.9. The monoisotopic (exact) mass is 339 g/mol. The van der Waals surface area contributed by atoms with E-state index in [1.54, 1.807) is 49.2 Å². The molecule has 1 heterocycles. The SMILES string of the molecule is C[C@@H](Oc1cccc(Cl)c1)C(=O)NCCSCc1ccco1. The van der Waals surface area contributed by atoms with Gasteiger partial charge in [-0.3, -0.25) is 4.79 Å². The van der Waals surface area contributed by atoms with Crippen molar-refractivity contribution in [3.05, 3.63) is 53.4 Å². The van der Waals surface area contributed by atoms with Crippen LogP contribution in [0.15, 0.2) is 47.1 Å². The van der Waals surface area contributed by atoms with Crippen LogP contribution in [0.2, 0.25) is 5.02 Å². The first-order valence-electron chi connectivity index (χ1n) is 6.95. The minimum Gasteiger partial charge on any atom is -0.481 e. The Hall–Kier alpha value is -1.59. The lowest BCUT2D eigenvalue weighted by atomic mass is 10.3. The highest BCUT2D eigenvalue weighted by molar-refractivity contribution is 7.98. The summed E-state index contributed by atoms with van der Waals surface area (Å²) in [6.45, 7) is 2.31. The Morgan fingerprint density at radius 3 is 3.00 bits per heavy atom. The van der Waals surface area contributed by atoms with Gasteiger partial charge >= 0.3 is 0 Å². The number of thioether (sulfide) groups is 1. The van der Waals surface area contributed by atoms with Crippen molar-refractivity contribution in [3.8, 4) is 5.75 Å². The molecule has 1 aromatic heterocycles. The molecule has 6 heteroatoms. The molecule has 1 atom stereocenters. The second-order valence-electron chi connectivity index (χ2n) is 4.64. The topological polar surface area (TPSA) is 51.5 Å². The number of carbonyl (C=O) groups is 1. The molecule has 0 spiro atoms. The number of benzene rings is 1. The third-order valence-corrected chi connectivity index (χ3v) is 4.06. The smallest absolute Gasteiger partial charge is 0.260 e. The van der Waals surface area contributed by atoms with E-state index in [1.807, 2.05) is 12.1 Å². The first kappa shape index (κ1) is 16.8. The second-order valence-corrected chi connectivity index (χ2v) is 6.18. The zero-order chi connectivity index (χ0) is 15.8. The molecule has 1 aromatic carbocycles. The molecule has 0 fully saturated rings. The summed E-state index contributed by atoms with van der Waals surface area (Å²) in [5.41, 5.74) is 0. The van der Waals surface area contributed by atoms with Crippen molar-refractivity contribution in [1.29, 1.82) is 0 Å². The summed E-state index contributed by atoms with van der Waals surface area (Å²) < 4.78 is 10.8. The van der Waals surface area contributed by atoms with Crippen molar-refractivity contribution >= 4 is 29.3 Å². The minimum atomic E-state index is -0.562. The van der Waals surface area contributed by atoms with Crippen molar-refractivity contribution < 1.29 is 13.9 Å². The Balaban J connectivity index is 1.64. The first-order valence-corrected chi connectivity index (χ1v) is 8.48. The zero-order valence-electron chi connectivity index (χ0n) is 12.3. The zero-order valence-corrected chi connectivity index (χ0v) is 13.8. The van der Waals surface area contributed by atoms with E-state index in [0.29, 0.717) is 17.3 Å². The van der Waals surface area contributed by atoms with Gasteiger partial charge in [0.25, 0.3) is 5.91 Å². The molecule has 0 aliphatic carbocycles. The number of furan rings is 1. The van der Waals surface area contributed by atoms with Gasteiger partial charge in [0.05, 0.1) is 12.0 Å². The van der Waals surface area contributed by atoms with Crippen LogP contribution in [0, 0.1) is 0 Å². The van der Waals surface area contributed by atoms with Crippen LogP contribution < -0.4 is 10.1 Å². The van der Waals surface area contributed by atoms with Crippen molar-refractivity contribution in [2.45, 2.75) is 18.8 Å². The predicted octanol–water partition coefficient (Wildman–Crippen LogP) is 3.75. The fourth-order valence-electron chi connectivity index (χ4n) is 1.76. The Bertz CT molecular complexity index is 589. The summed E-state index contributed by atoms with van der Waals surface area (Å²) in [6.07, 6.45) is 1.10. The van der Waals surface area contributed by atoms with Crippen LogP contribution in [0.3, 0.4) is 0 Å². The number of nitrogens with one attached hydrogen (secondary N) is 1. The maximum atomic E-state index is 11.9. The largest absolute Gasteiger partial charge is 0.481 e. The van der Waals surface area contributed by atoms with E-state index in [1.165, 1.54) is 0 Å². The normalized spacial score (nSPS) is 11.9. The van der Waals surface area contributed by atoms with Gasteiger partial charge in [0.1, 0.15) is 11.5 Å². The van der Waals surface area contributed by atoms with E-state index in [9.17, 15) is 4.79 Å². The van der Waals surface area contributed by atoms with Crippen LogP contribution in [-0.2, 0) is 10.5 Å². The summed E-state index contributed by atoms with van der Waals surface area (Å²) in [5, 5.41) is 3.43. The van der Waals surface area contributed by atoms with Crippen LogP contribution in [0.25, 0.3) is 0 Å². The molecule has 0 bridgehead atoms. The summed E-state index contributed by atoms with van der Waals surface area (Å²) in [7, 11) is 0. The second kappa shape index (κ2) is 8.76. The Labute approximate surface area is 139 Å². The fraction of sp³-hybridized carbons (Fsp3) is 0.312. The quantitative estimate of drug-likeness (QED) is 0.744. The minimum absolute atomic E-state index is 0.140. The third-order valence-electron chi connectivity index (χ3n) is 2.85. The van der Waals surface area contributed by atoms with Gasteiger partial charge < -0.3 is 14.5 Å². The van der Waals surface area contributed by atoms with Crippen molar-refractivity contribution in [3.63, 3.8) is 0 Å². The number of hydrogen-bond donors (Lipinski definition) is 1. The summed E-state index contributed by atoms with van der Waals surface area (Å²) in [4.78, 5) is 11.9. The van der Waals surface area contributed by atoms with Crippen LogP contribution in [0.4, 0.5) is 0 Å². The van der Waals surface area contributed by atoms with Crippen LogP contribution in [-0.4, -0.2) is 24.3 Å². The lowest BCUT2D eigenvalue weighted by Gasteiger charge is -2.14. The molecular formula is C16H18ClNO3S. The molecule has 0 unspecified atom stereocenters. The molecule has 0 saturated heterocycles. The molecule has 4 nitrogen and oxygen atoms in total. The van der Waals surface area contributed by atoms with Crippen LogP contribution >= 0.6 is 23.4 Å². The molecule has 1 N–H and O–H groups in total. The molecule has 2 rings (SSSR count). The van der Waals surface area contributed by atoms with E-state index in [-0.39, 0.29) is 5.91 Å². The van der Waals surface area contributed by atoms with Crippen LogP contribution in [0.1, 0.15) is 12.7 Å². The average molecular weight is 340 g/mol. The number of carbonyl (C=O) groups excluding carboxylic acids is 1. The van der Waals surface area contributed by atoms with E-state index < -0.39 is 6.10 Å². The average Bonchev–Trinajstić information content (AvgIpc) is 3.00. The van der Waals surface area contributed by atoms with Crippen molar-refractivity contribution in [2.24, 2.45) is 0 Å². The fourth-order valence-corrected chi connectivity index (χ4v) is 2.69. The molecule has 118 valence electrons. The van der Waals surface area contributed by atoms with Gasteiger partial charge in [-0.2, -0.15) is 11.8 Å². The van der Waals surface area contributed by atoms with E-state index in [4.69, 9.17) is 20.8 Å². The van der Waals surface area contributed by atoms with Gasteiger partial charge in [-0.05, 0) is 37.3 Å². The van der Waals surface area contributed by atoms with E-state index in [0.717, 1.165) is 17.3 Å². The van der Waals surface area contributed by atoms with Crippen molar-refractivity contribution in [1.82, 2.24) is 5.32 Å². The van der Waals surface area contributed by atoms with Gasteiger partial charge in [-0.1, -0.05) is 17.7 Å². The van der Waals surface area contributed by atoms with Gasteiger partial charge in [0.2, 0.25) is 0 Å². The molecule has 0 aliphatic rings. The van der Waals surface area contributed by atoms with Crippen LogP contribution in [0.5, 0.6) is 5.75 Å². The number of ether oxygens (including phenoxy) is 1. The molecule has 2 aromatic rings. The first-order chi connectivity index (χ1) is 10.6. The molecule has 22 heavy (non-hydrogen) atoms. The number of hydrogen-bond acceptors (Lipinski definition) is 4. The third kappa shape index (κ3) is 5.66. The maximum Gasteiger partial charge on any atom is 0.260 e. The van der Waals surface area contributed by atoms with Crippen molar-refractivity contribution in [2.75, 3.05) is 12.3 Å². The summed E-state index contributed by atoms with van der Waals surface area (Å²) in [5.74, 6) is 3.00. The molecule has 1 amide bonds. The standard InChI is InChI=1S/C16H18ClNO3S/c1-12(21-14-5-2-4-13(17)10-14)16(19)18-7-9-22-11-15-6-3-8-20-15/h2-6,8,10,12H,7,9,11H2,1H3,(H,18,19)/t12-/m1/s1. The number of rotatable bonds is 8. The summed E-state index contributed by atoms with van der Waals surface area (Å²) in [6, 6.07) is 10.8. The molecular weight excluding hydrogens is 322 g/mol. The van der Waals surface area contributed by atoms with Gasteiger partial charge in [-0.25, -0.2) is 0 Å². The molecule has 0 saturated carbocycles. The van der Waals surface area contributed by atoms with Gasteiger partial charge in [0.15, 0.2) is 6.10 Å². The highest BCUT2D eigenvalue weighted by Gasteiger charge is 2.14. The number of amides is 1. The molecule has 0 aliphatic heterocycles. The Morgan fingerprint density at radius 2 is 2.27 bits per heavy atom. The number of halogens is 1. The summed E-state index contributed by atoms with van der Waals surface area (Å²) >= 11 is 7.58. The lowest BCUT2D eigenvalue weighted by Crippen LogP contribution is -2.37. The van der Waals surface area contributed by atoms with E-state index >= 15 is 0 Å². The molecule has 0 radical (unpaired) electrons. The van der Waals surface area contributed by atoms with E-state index in [2.05, 4.69) is 5.32 Å². The predicted molar refractivity (Wildman–Crippen MR) is 89.4 cm³/mol. The Kier molecular flexibility index (Phi) is 6.68.